The summed E-state index contributed by atoms with van der Waals surface area (Å²) in [5.41, 5.74) is -0.890. The van der Waals surface area contributed by atoms with Gasteiger partial charge in [-0.15, -0.1) is 0 Å². The number of benzene rings is 1. The lowest BCUT2D eigenvalue weighted by Gasteiger charge is -2.35. The Kier molecular flexibility index (Phi) is 5.14. The minimum atomic E-state index is -0.890. The molecule has 1 fully saturated rings. The van der Waals surface area contributed by atoms with Gasteiger partial charge in [0, 0.05) is 39.6 Å². The Balaban J connectivity index is 1.80. The molecule has 1 aliphatic rings. The molecule has 6 heteroatoms. The number of carbonyl (C=O) groups excluding carboxylic acids is 1. The summed E-state index contributed by atoms with van der Waals surface area (Å²) < 4.78 is 23.3. The average Bonchev–Trinajstić information content (AvgIpc) is 2.46. The van der Waals surface area contributed by atoms with Crippen LogP contribution in [0, 0.1) is 5.82 Å². The molecule has 0 spiro atoms. The van der Waals surface area contributed by atoms with Gasteiger partial charge in [0.2, 0.25) is 0 Å². The molecule has 116 valence electrons. The molecule has 1 aromatic carbocycles. The number of likely N-dealkylation sites (N-methyl/N-ethyl adjacent to an activating group) is 1. The Hall–Kier alpha value is -1.66. The number of nitrogens with zero attached hydrogens (tertiary/aromatic N) is 1. The summed E-state index contributed by atoms with van der Waals surface area (Å²) in [5.74, 6) is -0.158. The summed E-state index contributed by atoms with van der Waals surface area (Å²) in [7, 11) is 1.63. The molecule has 0 aromatic heterocycles. The topological polar surface area (TPSA) is 59.0 Å². The van der Waals surface area contributed by atoms with Crippen LogP contribution >= 0.6 is 0 Å². The molecule has 1 aromatic rings. The number of carbonyl (C=O) groups is 1. The van der Waals surface area contributed by atoms with Crippen LogP contribution in [0.15, 0.2) is 24.3 Å². The van der Waals surface area contributed by atoms with Gasteiger partial charge in [-0.25, -0.2) is 4.39 Å². The molecule has 0 unspecified atom stereocenters. The molecule has 1 amide bonds. The van der Waals surface area contributed by atoms with Crippen LogP contribution in [-0.4, -0.2) is 54.9 Å². The first-order chi connectivity index (χ1) is 9.98. The maximum atomic E-state index is 12.7. The van der Waals surface area contributed by atoms with E-state index < -0.39 is 5.60 Å². The molecule has 0 atom stereocenters. The summed E-state index contributed by atoms with van der Waals surface area (Å²) in [6.45, 7) is 1.12. The van der Waals surface area contributed by atoms with Crippen molar-refractivity contribution in [2.24, 2.45) is 0 Å². The number of amides is 1. The van der Waals surface area contributed by atoms with E-state index in [1.165, 1.54) is 29.2 Å². The van der Waals surface area contributed by atoms with Gasteiger partial charge in [0.05, 0.1) is 5.60 Å². The van der Waals surface area contributed by atoms with Crippen molar-refractivity contribution in [3.63, 3.8) is 0 Å². The lowest BCUT2D eigenvalue weighted by molar-refractivity contribution is -0.138. The second kappa shape index (κ2) is 6.87. The van der Waals surface area contributed by atoms with Crippen molar-refractivity contribution in [1.82, 2.24) is 4.90 Å². The van der Waals surface area contributed by atoms with Gasteiger partial charge in [-0.05, 0) is 24.3 Å². The van der Waals surface area contributed by atoms with Gasteiger partial charge in [0.1, 0.15) is 11.6 Å². The maximum absolute atomic E-state index is 12.7. The smallest absolute Gasteiger partial charge is 0.260 e. The van der Waals surface area contributed by atoms with Crippen molar-refractivity contribution in [2.75, 3.05) is 33.4 Å². The number of ether oxygens (including phenoxy) is 2. The van der Waals surface area contributed by atoms with E-state index in [0.717, 1.165) is 0 Å². The molecule has 1 aliphatic heterocycles. The Morgan fingerprint density at radius 2 is 2.00 bits per heavy atom. The van der Waals surface area contributed by atoms with E-state index in [1.807, 2.05) is 0 Å². The monoisotopic (exact) mass is 297 g/mol. The highest BCUT2D eigenvalue weighted by molar-refractivity contribution is 5.77. The normalized spacial score (nSPS) is 17.3. The average molecular weight is 297 g/mol. The molecule has 21 heavy (non-hydrogen) atoms. The Morgan fingerprint density at radius 3 is 2.62 bits per heavy atom. The molecular formula is C15H20FNO4. The second-order valence-corrected chi connectivity index (χ2v) is 5.33. The fourth-order valence-corrected chi connectivity index (χ4v) is 2.23. The summed E-state index contributed by atoms with van der Waals surface area (Å²) >= 11 is 0. The Bertz CT molecular complexity index is 471. The quantitative estimate of drug-likeness (QED) is 0.887. The van der Waals surface area contributed by atoms with Crippen LogP contribution < -0.4 is 4.74 Å². The fraction of sp³-hybridized carbons (Fsp3) is 0.533. The number of halogens is 1. The molecule has 1 heterocycles. The van der Waals surface area contributed by atoms with Crippen molar-refractivity contribution < 1.29 is 23.8 Å². The predicted molar refractivity (Wildman–Crippen MR) is 74.5 cm³/mol. The number of aliphatic hydroxyl groups is 1. The van der Waals surface area contributed by atoms with Gasteiger partial charge in [-0.1, -0.05) is 0 Å². The van der Waals surface area contributed by atoms with Gasteiger partial charge in [-0.3, -0.25) is 4.79 Å². The molecule has 2 rings (SSSR count). The minimum Gasteiger partial charge on any atom is -0.484 e. The largest absolute Gasteiger partial charge is 0.484 e. The lowest BCUT2D eigenvalue weighted by atomic mass is 9.94. The fourth-order valence-electron chi connectivity index (χ4n) is 2.23. The number of rotatable bonds is 5. The summed E-state index contributed by atoms with van der Waals surface area (Å²) in [5, 5.41) is 10.3. The van der Waals surface area contributed by atoms with E-state index >= 15 is 0 Å². The highest BCUT2D eigenvalue weighted by Crippen LogP contribution is 2.21. The van der Waals surface area contributed by atoms with Crippen molar-refractivity contribution in [1.29, 1.82) is 0 Å². The third-order valence-corrected chi connectivity index (χ3v) is 3.56. The van der Waals surface area contributed by atoms with Gasteiger partial charge >= 0.3 is 0 Å². The van der Waals surface area contributed by atoms with E-state index in [9.17, 15) is 14.3 Å². The molecule has 5 nitrogen and oxygen atoms in total. The van der Waals surface area contributed by atoms with E-state index in [1.54, 1.807) is 7.05 Å². The standard InChI is InChI=1S/C15H20FNO4/c1-17(11-15(19)6-8-20-9-7-15)14(18)10-21-13-4-2-12(16)3-5-13/h2-5,19H,6-11H2,1H3. The molecular weight excluding hydrogens is 277 g/mol. The van der Waals surface area contributed by atoms with Crippen molar-refractivity contribution in [2.45, 2.75) is 18.4 Å². The molecule has 0 radical (unpaired) electrons. The molecule has 0 aliphatic carbocycles. The van der Waals surface area contributed by atoms with Gasteiger partial charge < -0.3 is 19.5 Å². The summed E-state index contributed by atoms with van der Waals surface area (Å²) in [6.07, 6.45) is 1.03. The third-order valence-electron chi connectivity index (χ3n) is 3.56. The first-order valence-corrected chi connectivity index (χ1v) is 6.91. The minimum absolute atomic E-state index is 0.144. The molecule has 0 bridgehead atoms. The lowest BCUT2D eigenvalue weighted by Crippen LogP contribution is -2.48. The van der Waals surface area contributed by atoms with Crippen LogP contribution in [0.2, 0.25) is 0 Å². The van der Waals surface area contributed by atoms with Crippen molar-refractivity contribution in [3.8, 4) is 5.75 Å². The summed E-state index contributed by atoms with van der Waals surface area (Å²) in [4.78, 5) is 13.4. The Labute approximate surface area is 123 Å². The maximum Gasteiger partial charge on any atom is 0.260 e. The van der Waals surface area contributed by atoms with Gasteiger partial charge in [0.15, 0.2) is 6.61 Å². The Morgan fingerprint density at radius 1 is 1.38 bits per heavy atom. The van der Waals surface area contributed by atoms with Crippen LogP contribution in [-0.2, 0) is 9.53 Å². The van der Waals surface area contributed by atoms with Crippen LogP contribution in [0.25, 0.3) is 0 Å². The number of hydrogen-bond donors (Lipinski definition) is 1. The van der Waals surface area contributed by atoms with Crippen molar-refractivity contribution >= 4 is 5.91 Å². The number of hydrogen-bond acceptors (Lipinski definition) is 4. The second-order valence-electron chi connectivity index (χ2n) is 5.33. The van der Waals surface area contributed by atoms with Crippen LogP contribution in [0.1, 0.15) is 12.8 Å². The van der Waals surface area contributed by atoms with Crippen LogP contribution in [0.3, 0.4) is 0 Å². The van der Waals surface area contributed by atoms with E-state index in [2.05, 4.69) is 0 Å². The van der Waals surface area contributed by atoms with Gasteiger partial charge in [-0.2, -0.15) is 0 Å². The van der Waals surface area contributed by atoms with Crippen molar-refractivity contribution in [3.05, 3.63) is 30.1 Å². The highest BCUT2D eigenvalue weighted by Gasteiger charge is 2.32. The highest BCUT2D eigenvalue weighted by atomic mass is 19.1. The van der Waals surface area contributed by atoms with Crippen LogP contribution in [0.4, 0.5) is 4.39 Å². The SMILES string of the molecule is CN(CC1(O)CCOCC1)C(=O)COc1ccc(F)cc1. The zero-order chi connectivity index (χ0) is 15.3. The van der Waals surface area contributed by atoms with Crippen LogP contribution in [0.5, 0.6) is 5.75 Å². The summed E-state index contributed by atoms with van der Waals surface area (Å²) in [6, 6.07) is 5.48. The van der Waals surface area contributed by atoms with E-state index in [-0.39, 0.29) is 24.9 Å². The molecule has 1 saturated heterocycles. The zero-order valence-electron chi connectivity index (χ0n) is 12.0. The van der Waals surface area contributed by atoms with E-state index in [0.29, 0.717) is 31.8 Å². The van der Waals surface area contributed by atoms with E-state index in [4.69, 9.17) is 9.47 Å². The first-order valence-electron chi connectivity index (χ1n) is 6.91. The van der Waals surface area contributed by atoms with Gasteiger partial charge in [0.25, 0.3) is 5.91 Å². The third kappa shape index (κ3) is 4.68. The first kappa shape index (κ1) is 15.7. The molecule has 1 N–H and O–H groups in total. The zero-order valence-corrected chi connectivity index (χ0v) is 12.0. The molecule has 0 saturated carbocycles. The predicted octanol–water partition coefficient (Wildman–Crippen LogP) is 1.20.